The molecule has 1 aliphatic rings. The molecule has 2 aromatic carbocycles. The van der Waals surface area contributed by atoms with E-state index in [4.69, 9.17) is 9.47 Å². The number of hydrogen-bond acceptors (Lipinski definition) is 3. The molecule has 0 spiro atoms. The highest BCUT2D eigenvalue weighted by Gasteiger charge is 2.15. The normalized spacial score (nSPS) is 14.2. The zero-order chi connectivity index (χ0) is 11.7. The SMILES string of the molecule is CC1Oc2ccccc2Nc2ccccc2O1. The lowest BCUT2D eigenvalue weighted by Gasteiger charge is -2.24. The number of para-hydroxylation sites is 4. The van der Waals surface area contributed by atoms with Crippen LogP contribution in [0.1, 0.15) is 6.92 Å². The lowest BCUT2D eigenvalue weighted by atomic mass is 10.2. The van der Waals surface area contributed by atoms with E-state index in [1.807, 2.05) is 55.5 Å². The summed E-state index contributed by atoms with van der Waals surface area (Å²) in [4.78, 5) is 0. The van der Waals surface area contributed by atoms with E-state index >= 15 is 0 Å². The molecule has 1 heterocycles. The molecule has 3 rings (SSSR count). The maximum absolute atomic E-state index is 5.71. The number of ether oxygens (including phenoxy) is 2. The van der Waals surface area contributed by atoms with E-state index in [0.717, 1.165) is 22.9 Å². The first-order valence-corrected chi connectivity index (χ1v) is 5.61. The molecule has 0 saturated heterocycles. The van der Waals surface area contributed by atoms with E-state index < -0.39 is 0 Å². The van der Waals surface area contributed by atoms with Gasteiger partial charge in [0.05, 0.1) is 11.4 Å². The van der Waals surface area contributed by atoms with Gasteiger partial charge in [0.2, 0.25) is 6.29 Å². The van der Waals surface area contributed by atoms with Crippen LogP contribution in [-0.4, -0.2) is 6.29 Å². The molecule has 86 valence electrons. The molecule has 3 heteroatoms. The predicted molar refractivity (Wildman–Crippen MR) is 66.9 cm³/mol. The first-order valence-electron chi connectivity index (χ1n) is 5.61. The Labute approximate surface area is 100.0 Å². The highest BCUT2D eigenvalue weighted by molar-refractivity contribution is 5.71. The maximum atomic E-state index is 5.71. The molecule has 0 amide bonds. The second-order valence-electron chi connectivity index (χ2n) is 3.92. The van der Waals surface area contributed by atoms with Crippen LogP contribution in [0.5, 0.6) is 11.5 Å². The molecule has 1 N–H and O–H groups in total. The Morgan fingerprint density at radius 2 is 1.29 bits per heavy atom. The molecule has 0 aromatic heterocycles. The van der Waals surface area contributed by atoms with Crippen molar-refractivity contribution < 1.29 is 9.47 Å². The van der Waals surface area contributed by atoms with Crippen LogP contribution in [0.15, 0.2) is 48.5 Å². The number of benzene rings is 2. The Bertz CT molecular complexity index is 492. The zero-order valence-electron chi connectivity index (χ0n) is 9.51. The minimum atomic E-state index is -0.306. The number of fused-ring (bicyclic) bond motifs is 2. The van der Waals surface area contributed by atoms with Gasteiger partial charge in [-0.25, -0.2) is 0 Å². The van der Waals surface area contributed by atoms with Crippen LogP contribution in [0, 0.1) is 0 Å². The fourth-order valence-electron chi connectivity index (χ4n) is 1.87. The minimum Gasteiger partial charge on any atom is -0.453 e. The summed E-state index contributed by atoms with van der Waals surface area (Å²) in [6.07, 6.45) is -0.306. The Hall–Kier alpha value is -2.16. The van der Waals surface area contributed by atoms with Crippen molar-refractivity contribution in [2.75, 3.05) is 5.32 Å². The van der Waals surface area contributed by atoms with Crippen molar-refractivity contribution >= 4 is 11.4 Å². The molecule has 3 nitrogen and oxygen atoms in total. The Kier molecular flexibility index (Phi) is 2.37. The van der Waals surface area contributed by atoms with Gasteiger partial charge in [0.25, 0.3) is 0 Å². The fraction of sp³-hybridized carbons (Fsp3) is 0.143. The van der Waals surface area contributed by atoms with Gasteiger partial charge >= 0.3 is 0 Å². The molecule has 0 saturated carbocycles. The molecule has 0 fully saturated rings. The molecular formula is C14H13NO2. The number of rotatable bonds is 0. The van der Waals surface area contributed by atoms with Crippen molar-refractivity contribution in [2.24, 2.45) is 0 Å². The van der Waals surface area contributed by atoms with Crippen molar-refractivity contribution in [3.05, 3.63) is 48.5 Å². The molecule has 0 unspecified atom stereocenters. The largest absolute Gasteiger partial charge is 0.453 e. The van der Waals surface area contributed by atoms with Gasteiger partial charge in [-0.3, -0.25) is 0 Å². The smallest absolute Gasteiger partial charge is 0.238 e. The summed E-state index contributed by atoms with van der Waals surface area (Å²) in [5.41, 5.74) is 1.91. The van der Waals surface area contributed by atoms with Gasteiger partial charge in [-0.15, -0.1) is 0 Å². The van der Waals surface area contributed by atoms with Gasteiger partial charge in [-0.05, 0) is 24.3 Å². The van der Waals surface area contributed by atoms with Crippen LogP contribution in [0.3, 0.4) is 0 Å². The van der Waals surface area contributed by atoms with Gasteiger partial charge in [0.15, 0.2) is 0 Å². The predicted octanol–water partition coefficient (Wildman–Crippen LogP) is 3.55. The molecule has 1 aliphatic heterocycles. The molecule has 0 aliphatic carbocycles. The zero-order valence-corrected chi connectivity index (χ0v) is 9.51. The molecular weight excluding hydrogens is 214 g/mol. The second-order valence-corrected chi connectivity index (χ2v) is 3.92. The van der Waals surface area contributed by atoms with Crippen molar-refractivity contribution in [1.29, 1.82) is 0 Å². The highest BCUT2D eigenvalue weighted by atomic mass is 16.7. The summed E-state index contributed by atoms with van der Waals surface area (Å²) < 4.78 is 11.4. The lowest BCUT2D eigenvalue weighted by molar-refractivity contribution is 0.0224. The molecule has 2 aromatic rings. The summed E-state index contributed by atoms with van der Waals surface area (Å²) in [6.45, 7) is 1.89. The van der Waals surface area contributed by atoms with E-state index in [1.54, 1.807) is 0 Å². The van der Waals surface area contributed by atoms with Crippen molar-refractivity contribution in [1.82, 2.24) is 0 Å². The van der Waals surface area contributed by atoms with E-state index in [2.05, 4.69) is 5.32 Å². The van der Waals surface area contributed by atoms with E-state index in [9.17, 15) is 0 Å². The van der Waals surface area contributed by atoms with Crippen LogP contribution in [-0.2, 0) is 0 Å². The summed E-state index contributed by atoms with van der Waals surface area (Å²) in [5.74, 6) is 1.60. The highest BCUT2D eigenvalue weighted by Crippen LogP contribution is 2.35. The Balaban J connectivity index is 2.09. The topological polar surface area (TPSA) is 30.5 Å². The number of hydrogen-bond donors (Lipinski definition) is 1. The minimum absolute atomic E-state index is 0.306. The van der Waals surface area contributed by atoms with Gasteiger partial charge in [0.1, 0.15) is 11.5 Å². The van der Waals surface area contributed by atoms with Crippen LogP contribution in [0.4, 0.5) is 11.4 Å². The molecule has 17 heavy (non-hydrogen) atoms. The fourth-order valence-corrected chi connectivity index (χ4v) is 1.87. The summed E-state index contributed by atoms with van der Waals surface area (Å²) in [7, 11) is 0. The third-order valence-corrected chi connectivity index (χ3v) is 2.63. The van der Waals surface area contributed by atoms with Crippen LogP contribution >= 0.6 is 0 Å². The van der Waals surface area contributed by atoms with E-state index in [-0.39, 0.29) is 6.29 Å². The quantitative estimate of drug-likeness (QED) is 0.746. The van der Waals surface area contributed by atoms with Crippen molar-refractivity contribution in [2.45, 2.75) is 13.2 Å². The maximum Gasteiger partial charge on any atom is 0.238 e. The van der Waals surface area contributed by atoms with Crippen LogP contribution in [0.2, 0.25) is 0 Å². The van der Waals surface area contributed by atoms with Crippen molar-refractivity contribution in [3.8, 4) is 11.5 Å². The van der Waals surface area contributed by atoms with Crippen molar-refractivity contribution in [3.63, 3.8) is 0 Å². The molecule has 0 bridgehead atoms. The van der Waals surface area contributed by atoms with Gasteiger partial charge in [-0.1, -0.05) is 24.3 Å². The van der Waals surface area contributed by atoms with Gasteiger partial charge < -0.3 is 14.8 Å². The van der Waals surface area contributed by atoms with Crippen LogP contribution in [0.25, 0.3) is 0 Å². The molecule has 0 atom stereocenters. The summed E-state index contributed by atoms with van der Waals surface area (Å²) >= 11 is 0. The lowest BCUT2D eigenvalue weighted by Crippen LogP contribution is -2.22. The van der Waals surface area contributed by atoms with E-state index in [1.165, 1.54) is 0 Å². The Morgan fingerprint density at radius 1 is 0.824 bits per heavy atom. The average Bonchev–Trinajstić information content (AvgIpc) is 2.31. The number of anilines is 2. The standard InChI is InChI=1S/C14H13NO2/c1-10-16-13-8-4-2-6-11(13)15-12-7-3-5-9-14(12)17-10/h2-10,15H,1H3. The second kappa shape index (κ2) is 4.01. The third-order valence-electron chi connectivity index (χ3n) is 2.63. The van der Waals surface area contributed by atoms with E-state index in [0.29, 0.717) is 0 Å². The number of nitrogens with one attached hydrogen (secondary N) is 1. The first kappa shape index (κ1) is 10.0. The van der Waals surface area contributed by atoms with Gasteiger partial charge in [-0.2, -0.15) is 0 Å². The molecule has 0 radical (unpaired) electrons. The first-order chi connectivity index (χ1) is 8.33. The monoisotopic (exact) mass is 227 g/mol. The summed E-state index contributed by atoms with van der Waals surface area (Å²) in [6, 6.07) is 15.7. The van der Waals surface area contributed by atoms with Gasteiger partial charge in [0, 0.05) is 6.92 Å². The van der Waals surface area contributed by atoms with Crippen LogP contribution < -0.4 is 14.8 Å². The average molecular weight is 227 g/mol. The third kappa shape index (κ3) is 1.91. The summed E-state index contributed by atoms with van der Waals surface area (Å²) in [5, 5.41) is 3.31. The Morgan fingerprint density at radius 3 is 1.82 bits per heavy atom.